The second-order valence-electron chi connectivity index (χ2n) is 5.04. The standard InChI is InChI=1S/C13H19N7O/c1-3-14-13(21)19-6-4-18(5-7-19)11-8-10(2)17-12-15-9-16-20(11)12/h8-9H,3-7H2,1-2H3,(H,14,21). The topological polar surface area (TPSA) is 78.7 Å². The van der Waals surface area contributed by atoms with E-state index in [9.17, 15) is 4.79 Å². The van der Waals surface area contributed by atoms with E-state index in [0.717, 1.165) is 24.6 Å². The van der Waals surface area contributed by atoms with E-state index in [2.05, 4.69) is 25.3 Å². The van der Waals surface area contributed by atoms with Gasteiger partial charge in [-0.25, -0.2) is 9.78 Å². The molecule has 1 aliphatic rings. The molecular formula is C13H19N7O. The zero-order valence-corrected chi connectivity index (χ0v) is 12.3. The van der Waals surface area contributed by atoms with Crippen molar-refractivity contribution >= 4 is 17.6 Å². The molecule has 8 nitrogen and oxygen atoms in total. The lowest BCUT2D eigenvalue weighted by atomic mass is 10.3. The average Bonchev–Trinajstić information content (AvgIpc) is 2.95. The summed E-state index contributed by atoms with van der Waals surface area (Å²) in [4.78, 5) is 24.4. The van der Waals surface area contributed by atoms with Crippen LogP contribution in [0.25, 0.3) is 5.78 Å². The highest BCUT2D eigenvalue weighted by Crippen LogP contribution is 2.17. The molecule has 2 aromatic rings. The van der Waals surface area contributed by atoms with E-state index in [4.69, 9.17) is 0 Å². The highest BCUT2D eigenvalue weighted by Gasteiger charge is 2.22. The molecule has 0 bridgehead atoms. The van der Waals surface area contributed by atoms with Gasteiger partial charge in [-0.1, -0.05) is 0 Å². The summed E-state index contributed by atoms with van der Waals surface area (Å²) >= 11 is 0. The van der Waals surface area contributed by atoms with Gasteiger partial charge >= 0.3 is 6.03 Å². The molecular weight excluding hydrogens is 270 g/mol. The van der Waals surface area contributed by atoms with Crippen LogP contribution in [-0.4, -0.2) is 63.2 Å². The number of nitrogens with one attached hydrogen (secondary N) is 1. The minimum absolute atomic E-state index is 0.00830. The van der Waals surface area contributed by atoms with E-state index in [0.29, 0.717) is 25.4 Å². The zero-order valence-electron chi connectivity index (χ0n) is 12.3. The van der Waals surface area contributed by atoms with Gasteiger partial charge in [0.25, 0.3) is 5.78 Å². The lowest BCUT2D eigenvalue weighted by Gasteiger charge is -2.35. The van der Waals surface area contributed by atoms with E-state index in [1.165, 1.54) is 6.33 Å². The number of amides is 2. The molecule has 1 saturated heterocycles. The fourth-order valence-electron chi connectivity index (χ4n) is 2.54. The molecule has 1 N–H and O–H groups in total. The number of hydrogen-bond acceptors (Lipinski definition) is 5. The summed E-state index contributed by atoms with van der Waals surface area (Å²) in [6.07, 6.45) is 1.51. The maximum absolute atomic E-state index is 11.8. The van der Waals surface area contributed by atoms with Crippen LogP contribution < -0.4 is 10.2 Å². The van der Waals surface area contributed by atoms with E-state index in [1.54, 1.807) is 4.52 Å². The second kappa shape index (κ2) is 5.55. The van der Waals surface area contributed by atoms with Crippen LogP contribution in [0.2, 0.25) is 0 Å². The highest BCUT2D eigenvalue weighted by atomic mass is 16.2. The lowest BCUT2D eigenvalue weighted by molar-refractivity contribution is 0.195. The zero-order chi connectivity index (χ0) is 14.8. The van der Waals surface area contributed by atoms with Crippen LogP contribution in [0.15, 0.2) is 12.4 Å². The summed E-state index contributed by atoms with van der Waals surface area (Å²) in [7, 11) is 0. The first-order valence-electron chi connectivity index (χ1n) is 7.14. The number of aryl methyl sites for hydroxylation is 1. The first-order valence-corrected chi connectivity index (χ1v) is 7.14. The van der Waals surface area contributed by atoms with Crippen molar-refractivity contribution in [1.82, 2.24) is 29.8 Å². The molecule has 2 amide bonds. The van der Waals surface area contributed by atoms with Crippen molar-refractivity contribution in [3.63, 3.8) is 0 Å². The molecule has 0 saturated carbocycles. The van der Waals surface area contributed by atoms with Crippen molar-refractivity contribution in [2.45, 2.75) is 13.8 Å². The fourth-order valence-corrected chi connectivity index (χ4v) is 2.54. The number of carbonyl (C=O) groups excluding carboxylic acids is 1. The van der Waals surface area contributed by atoms with Gasteiger partial charge in [0.15, 0.2) is 0 Å². The number of aromatic nitrogens is 4. The Hall–Kier alpha value is -2.38. The van der Waals surface area contributed by atoms with Crippen molar-refractivity contribution in [1.29, 1.82) is 0 Å². The first-order chi connectivity index (χ1) is 10.2. The van der Waals surface area contributed by atoms with Crippen LogP contribution in [0.4, 0.5) is 10.6 Å². The van der Waals surface area contributed by atoms with Gasteiger partial charge in [-0.3, -0.25) is 0 Å². The van der Waals surface area contributed by atoms with Crippen molar-refractivity contribution in [3.8, 4) is 0 Å². The summed E-state index contributed by atoms with van der Waals surface area (Å²) < 4.78 is 1.74. The monoisotopic (exact) mass is 289 g/mol. The number of hydrogen-bond donors (Lipinski definition) is 1. The first kappa shape index (κ1) is 13.6. The van der Waals surface area contributed by atoms with Crippen molar-refractivity contribution in [2.75, 3.05) is 37.6 Å². The van der Waals surface area contributed by atoms with Crippen LogP contribution >= 0.6 is 0 Å². The predicted molar refractivity (Wildman–Crippen MR) is 78.4 cm³/mol. The van der Waals surface area contributed by atoms with Gasteiger partial charge in [0.1, 0.15) is 12.1 Å². The van der Waals surface area contributed by atoms with Crippen molar-refractivity contribution < 1.29 is 4.79 Å². The summed E-state index contributed by atoms with van der Waals surface area (Å²) in [6.45, 7) is 7.47. The van der Waals surface area contributed by atoms with E-state index in [1.807, 2.05) is 24.8 Å². The van der Waals surface area contributed by atoms with E-state index in [-0.39, 0.29) is 6.03 Å². The number of piperazine rings is 1. The Kier molecular flexibility index (Phi) is 3.59. The molecule has 21 heavy (non-hydrogen) atoms. The summed E-state index contributed by atoms with van der Waals surface area (Å²) in [5.74, 6) is 1.58. The number of fused-ring (bicyclic) bond motifs is 1. The molecule has 0 atom stereocenters. The van der Waals surface area contributed by atoms with Gasteiger partial charge in [0.2, 0.25) is 0 Å². The van der Waals surface area contributed by atoms with Crippen LogP contribution in [0.1, 0.15) is 12.6 Å². The third-order valence-electron chi connectivity index (χ3n) is 3.58. The van der Waals surface area contributed by atoms with Gasteiger partial charge in [-0.2, -0.15) is 14.6 Å². The fraction of sp³-hybridized carbons (Fsp3) is 0.538. The quantitative estimate of drug-likeness (QED) is 0.859. The van der Waals surface area contributed by atoms with Crippen molar-refractivity contribution in [2.24, 2.45) is 0 Å². The molecule has 3 heterocycles. The molecule has 2 aromatic heterocycles. The Balaban J connectivity index is 1.77. The minimum Gasteiger partial charge on any atom is -0.353 e. The molecule has 0 spiro atoms. The predicted octanol–water partition coefficient (Wildman–Crippen LogP) is 0.284. The third-order valence-corrected chi connectivity index (χ3v) is 3.58. The number of rotatable bonds is 2. The SMILES string of the molecule is CCNC(=O)N1CCN(c2cc(C)nc3ncnn23)CC1. The smallest absolute Gasteiger partial charge is 0.317 e. The van der Waals surface area contributed by atoms with Crippen LogP contribution in [-0.2, 0) is 0 Å². The van der Waals surface area contributed by atoms with Gasteiger partial charge in [-0.15, -0.1) is 0 Å². The summed E-state index contributed by atoms with van der Waals surface area (Å²) in [6, 6.07) is 2.01. The molecule has 0 radical (unpaired) electrons. The Bertz CT molecular complexity index is 645. The Labute approximate surface area is 122 Å². The minimum atomic E-state index is 0.00830. The highest BCUT2D eigenvalue weighted by molar-refractivity contribution is 5.74. The maximum Gasteiger partial charge on any atom is 0.317 e. The van der Waals surface area contributed by atoms with Crippen LogP contribution in [0.5, 0.6) is 0 Å². The molecule has 0 aliphatic carbocycles. The molecule has 1 fully saturated rings. The Morgan fingerprint density at radius 1 is 1.33 bits per heavy atom. The number of urea groups is 1. The molecule has 1 aliphatic heterocycles. The van der Waals surface area contributed by atoms with Gasteiger partial charge in [-0.05, 0) is 13.8 Å². The number of carbonyl (C=O) groups is 1. The van der Waals surface area contributed by atoms with E-state index < -0.39 is 0 Å². The number of anilines is 1. The van der Waals surface area contributed by atoms with Gasteiger partial charge in [0, 0.05) is 44.5 Å². The molecule has 3 rings (SSSR count). The van der Waals surface area contributed by atoms with Gasteiger partial charge < -0.3 is 15.1 Å². The lowest BCUT2D eigenvalue weighted by Crippen LogP contribution is -2.52. The molecule has 0 aromatic carbocycles. The Morgan fingerprint density at radius 3 is 2.81 bits per heavy atom. The van der Waals surface area contributed by atoms with E-state index >= 15 is 0 Å². The van der Waals surface area contributed by atoms with Crippen molar-refractivity contribution in [3.05, 3.63) is 18.1 Å². The largest absolute Gasteiger partial charge is 0.353 e. The average molecular weight is 289 g/mol. The van der Waals surface area contributed by atoms with Crippen LogP contribution in [0, 0.1) is 6.92 Å². The maximum atomic E-state index is 11.8. The molecule has 8 heteroatoms. The summed E-state index contributed by atoms with van der Waals surface area (Å²) in [5, 5.41) is 7.06. The van der Waals surface area contributed by atoms with Gasteiger partial charge in [0.05, 0.1) is 0 Å². The Morgan fingerprint density at radius 2 is 2.10 bits per heavy atom. The third kappa shape index (κ3) is 2.61. The second-order valence-corrected chi connectivity index (χ2v) is 5.04. The molecule has 0 unspecified atom stereocenters. The normalized spacial score (nSPS) is 15.5. The van der Waals surface area contributed by atoms with Crippen LogP contribution in [0.3, 0.4) is 0 Å². The summed E-state index contributed by atoms with van der Waals surface area (Å²) in [5.41, 5.74) is 0.914. The molecule has 112 valence electrons. The number of nitrogens with zero attached hydrogens (tertiary/aromatic N) is 6.